The second-order valence-corrected chi connectivity index (χ2v) is 5.58. The molecule has 1 aliphatic heterocycles. The Morgan fingerprint density at radius 1 is 1.40 bits per heavy atom. The van der Waals surface area contributed by atoms with Crippen LogP contribution in [-0.4, -0.2) is 35.6 Å². The molecule has 1 fully saturated rings. The van der Waals surface area contributed by atoms with Gasteiger partial charge in [-0.05, 0) is 30.7 Å². The third-order valence-electron chi connectivity index (χ3n) is 4.03. The highest BCUT2D eigenvalue weighted by atomic mass is 16.3. The minimum Gasteiger partial charge on any atom is -0.396 e. The van der Waals surface area contributed by atoms with E-state index in [0.717, 1.165) is 37.9 Å². The summed E-state index contributed by atoms with van der Waals surface area (Å²) in [5.41, 5.74) is 7.11. The van der Waals surface area contributed by atoms with E-state index in [1.807, 2.05) is 35.2 Å². The predicted molar refractivity (Wildman–Crippen MR) is 79.0 cm³/mol. The first kappa shape index (κ1) is 15.0. The molecule has 3 N–H and O–H groups in total. The van der Waals surface area contributed by atoms with Gasteiger partial charge in [-0.15, -0.1) is 0 Å². The van der Waals surface area contributed by atoms with Crippen LogP contribution < -0.4 is 5.73 Å². The van der Waals surface area contributed by atoms with Gasteiger partial charge in [0.1, 0.15) is 0 Å². The summed E-state index contributed by atoms with van der Waals surface area (Å²) in [7, 11) is 0. The van der Waals surface area contributed by atoms with Gasteiger partial charge in [0.05, 0.1) is 0 Å². The molecule has 2 unspecified atom stereocenters. The Morgan fingerprint density at radius 3 is 2.85 bits per heavy atom. The zero-order valence-corrected chi connectivity index (χ0v) is 11.9. The van der Waals surface area contributed by atoms with Gasteiger partial charge in [0.15, 0.2) is 0 Å². The zero-order valence-electron chi connectivity index (χ0n) is 11.9. The molecular formula is C16H24N2O2. The standard InChI is InChI=1S/C16H24N2O2/c17-15(14-6-2-1-3-7-14)11-16(20)18-9-4-5-13(12-18)8-10-19/h1-3,6-7,13,15,19H,4-5,8-12,17H2. The number of hydrogen-bond donors (Lipinski definition) is 2. The molecule has 0 aromatic heterocycles. The first-order chi connectivity index (χ1) is 9.70. The molecule has 0 radical (unpaired) electrons. The number of likely N-dealkylation sites (tertiary alicyclic amines) is 1. The smallest absolute Gasteiger partial charge is 0.224 e. The molecule has 1 amide bonds. The van der Waals surface area contributed by atoms with Crippen LogP contribution in [0.1, 0.15) is 37.3 Å². The van der Waals surface area contributed by atoms with Gasteiger partial charge in [0, 0.05) is 32.2 Å². The van der Waals surface area contributed by atoms with Crippen molar-refractivity contribution in [1.29, 1.82) is 0 Å². The lowest BCUT2D eigenvalue weighted by Crippen LogP contribution is -2.41. The van der Waals surface area contributed by atoms with Gasteiger partial charge in [-0.2, -0.15) is 0 Å². The summed E-state index contributed by atoms with van der Waals surface area (Å²) in [6, 6.07) is 9.52. The van der Waals surface area contributed by atoms with Crippen molar-refractivity contribution in [2.24, 2.45) is 11.7 Å². The first-order valence-electron chi connectivity index (χ1n) is 7.40. The maximum absolute atomic E-state index is 12.3. The van der Waals surface area contributed by atoms with Crippen LogP contribution in [0.2, 0.25) is 0 Å². The van der Waals surface area contributed by atoms with Crippen molar-refractivity contribution in [2.75, 3.05) is 19.7 Å². The Morgan fingerprint density at radius 2 is 2.15 bits per heavy atom. The van der Waals surface area contributed by atoms with Gasteiger partial charge in [0.25, 0.3) is 0 Å². The lowest BCUT2D eigenvalue weighted by molar-refractivity contribution is -0.133. The van der Waals surface area contributed by atoms with Gasteiger partial charge >= 0.3 is 0 Å². The highest BCUT2D eigenvalue weighted by molar-refractivity contribution is 5.77. The average molecular weight is 276 g/mol. The van der Waals surface area contributed by atoms with Crippen molar-refractivity contribution < 1.29 is 9.90 Å². The van der Waals surface area contributed by atoms with Crippen molar-refractivity contribution in [2.45, 2.75) is 31.7 Å². The Balaban J connectivity index is 1.88. The van der Waals surface area contributed by atoms with E-state index in [2.05, 4.69) is 0 Å². The number of nitrogens with zero attached hydrogens (tertiary/aromatic N) is 1. The Kier molecular flexibility index (Phi) is 5.56. The van der Waals surface area contributed by atoms with Crippen LogP contribution in [-0.2, 0) is 4.79 Å². The molecule has 0 spiro atoms. The highest BCUT2D eigenvalue weighted by Crippen LogP contribution is 2.22. The van der Waals surface area contributed by atoms with Crippen LogP contribution in [0, 0.1) is 5.92 Å². The molecule has 20 heavy (non-hydrogen) atoms. The van der Waals surface area contributed by atoms with Gasteiger partial charge in [-0.3, -0.25) is 4.79 Å². The van der Waals surface area contributed by atoms with Crippen LogP contribution in [0.5, 0.6) is 0 Å². The molecule has 0 aliphatic carbocycles. The average Bonchev–Trinajstić information content (AvgIpc) is 2.48. The van der Waals surface area contributed by atoms with Crippen molar-refractivity contribution in [3.63, 3.8) is 0 Å². The van der Waals surface area contributed by atoms with E-state index in [0.29, 0.717) is 12.3 Å². The number of carbonyl (C=O) groups is 1. The van der Waals surface area contributed by atoms with Crippen molar-refractivity contribution in [3.8, 4) is 0 Å². The number of amides is 1. The normalized spacial score (nSPS) is 20.7. The third kappa shape index (κ3) is 4.05. The monoisotopic (exact) mass is 276 g/mol. The molecule has 1 heterocycles. The molecule has 1 aromatic carbocycles. The van der Waals surface area contributed by atoms with E-state index in [-0.39, 0.29) is 18.6 Å². The molecular weight excluding hydrogens is 252 g/mol. The van der Waals surface area contributed by atoms with E-state index >= 15 is 0 Å². The molecule has 4 heteroatoms. The molecule has 0 bridgehead atoms. The number of rotatable bonds is 5. The summed E-state index contributed by atoms with van der Waals surface area (Å²) < 4.78 is 0. The minimum absolute atomic E-state index is 0.129. The second kappa shape index (κ2) is 7.41. The van der Waals surface area contributed by atoms with E-state index in [1.54, 1.807) is 0 Å². The lowest BCUT2D eigenvalue weighted by Gasteiger charge is -2.33. The minimum atomic E-state index is -0.234. The van der Waals surface area contributed by atoms with E-state index in [1.165, 1.54) is 0 Å². The molecule has 0 saturated carbocycles. The fraction of sp³-hybridized carbons (Fsp3) is 0.562. The highest BCUT2D eigenvalue weighted by Gasteiger charge is 2.24. The van der Waals surface area contributed by atoms with E-state index in [9.17, 15) is 4.79 Å². The van der Waals surface area contributed by atoms with Gasteiger partial charge in [0.2, 0.25) is 5.91 Å². The van der Waals surface area contributed by atoms with Crippen LogP contribution >= 0.6 is 0 Å². The number of nitrogens with two attached hydrogens (primary N) is 1. The predicted octanol–water partition coefficient (Wildman–Crippen LogP) is 1.70. The van der Waals surface area contributed by atoms with Crippen molar-refractivity contribution >= 4 is 5.91 Å². The molecule has 1 aromatic rings. The number of benzene rings is 1. The van der Waals surface area contributed by atoms with Gasteiger partial charge < -0.3 is 15.7 Å². The number of aliphatic hydroxyl groups is 1. The van der Waals surface area contributed by atoms with Crippen LogP contribution in [0.15, 0.2) is 30.3 Å². The fourth-order valence-corrected chi connectivity index (χ4v) is 2.85. The quantitative estimate of drug-likeness (QED) is 0.860. The lowest BCUT2D eigenvalue weighted by atomic mass is 9.94. The SMILES string of the molecule is NC(CC(=O)N1CCCC(CCO)C1)c1ccccc1. The van der Waals surface area contributed by atoms with Crippen molar-refractivity contribution in [1.82, 2.24) is 4.90 Å². The molecule has 1 aliphatic rings. The summed E-state index contributed by atoms with van der Waals surface area (Å²) in [6.07, 6.45) is 3.27. The third-order valence-corrected chi connectivity index (χ3v) is 4.03. The number of carbonyl (C=O) groups excluding carboxylic acids is 1. The van der Waals surface area contributed by atoms with E-state index in [4.69, 9.17) is 10.8 Å². The molecule has 2 atom stereocenters. The topological polar surface area (TPSA) is 66.6 Å². The Hall–Kier alpha value is -1.39. The van der Waals surface area contributed by atoms with Crippen LogP contribution in [0.25, 0.3) is 0 Å². The summed E-state index contributed by atoms with van der Waals surface area (Å²) in [5.74, 6) is 0.564. The summed E-state index contributed by atoms with van der Waals surface area (Å²) in [4.78, 5) is 14.2. The largest absolute Gasteiger partial charge is 0.396 e. The molecule has 1 saturated heterocycles. The van der Waals surface area contributed by atoms with Gasteiger partial charge in [-0.1, -0.05) is 30.3 Å². The maximum atomic E-state index is 12.3. The summed E-state index contributed by atoms with van der Waals surface area (Å²) >= 11 is 0. The fourth-order valence-electron chi connectivity index (χ4n) is 2.85. The summed E-state index contributed by atoms with van der Waals surface area (Å²) in [5, 5.41) is 9.01. The zero-order chi connectivity index (χ0) is 14.4. The molecule has 110 valence electrons. The Bertz CT molecular complexity index is 420. The van der Waals surface area contributed by atoms with Crippen LogP contribution in [0.4, 0.5) is 0 Å². The van der Waals surface area contributed by atoms with Crippen molar-refractivity contribution in [3.05, 3.63) is 35.9 Å². The van der Waals surface area contributed by atoms with Gasteiger partial charge in [-0.25, -0.2) is 0 Å². The number of piperidine rings is 1. The first-order valence-corrected chi connectivity index (χ1v) is 7.40. The molecule has 4 nitrogen and oxygen atoms in total. The van der Waals surface area contributed by atoms with E-state index < -0.39 is 0 Å². The number of aliphatic hydroxyl groups excluding tert-OH is 1. The van der Waals surface area contributed by atoms with Crippen LogP contribution in [0.3, 0.4) is 0 Å². The summed E-state index contributed by atoms with van der Waals surface area (Å²) in [6.45, 7) is 1.79. The Labute approximate surface area is 120 Å². The number of hydrogen-bond acceptors (Lipinski definition) is 3. The molecule has 2 rings (SSSR count). The second-order valence-electron chi connectivity index (χ2n) is 5.58. The maximum Gasteiger partial charge on any atom is 0.224 e.